The quantitative estimate of drug-likeness (QED) is 0.830. The van der Waals surface area contributed by atoms with E-state index in [0.29, 0.717) is 5.56 Å². The number of benzene rings is 2. The molecule has 0 atom stereocenters. The molecule has 0 aromatic heterocycles. The third-order valence-electron chi connectivity index (χ3n) is 2.59. The fourth-order valence-corrected chi connectivity index (χ4v) is 2.15. The minimum Gasteiger partial charge on any atom is -0.344 e. The van der Waals surface area contributed by atoms with E-state index in [2.05, 4.69) is 22.0 Å². The Hall–Kier alpha value is -1.86. The minimum atomic E-state index is -0.283. The van der Waals surface area contributed by atoms with E-state index >= 15 is 0 Å². The number of nitrogens with zero attached hydrogens (tertiary/aromatic N) is 2. The summed E-state index contributed by atoms with van der Waals surface area (Å²) >= 11 is 3.36. The van der Waals surface area contributed by atoms with Crippen molar-refractivity contribution < 1.29 is 4.39 Å². The Morgan fingerprint density at radius 2 is 1.94 bits per heavy atom. The standard InChI is InChI=1S/C14H10BrFN2/c1-18(13-4-2-3-12(16)8-13)14-6-10(9-17)5-11(15)7-14/h2-8H,1H3. The molecule has 0 fully saturated rings. The van der Waals surface area contributed by atoms with Crippen molar-refractivity contribution in [2.45, 2.75) is 0 Å². The summed E-state index contributed by atoms with van der Waals surface area (Å²) < 4.78 is 14.0. The Balaban J connectivity index is 2.43. The van der Waals surface area contributed by atoms with Crippen molar-refractivity contribution in [1.29, 1.82) is 5.26 Å². The lowest BCUT2D eigenvalue weighted by atomic mass is 10.2. The molecule has 0 N–H and O–H groups in total. The summed E-state index contributed by atoms with van der Waals surface area (Å²) in [7, 11) is 1.83. The molecule has 2 rings (SSSR count). The van der Waals surface area contributed by atoms with Gasteiger partial charge in [-0.3, -0.25) is 0 Å². The fourth-order valence-electron chi connectivity index (χ4n) is 1.67. The first-order chi connectivity index (χ1) is 8.60. The molecule has 4 heteroatoms. The van der Waals surface area contributed by atoms with E-state index in [-0.39, 0.29) is 5.82 Å². The van der Waals surface area contributed by atoms with Crippen LogP contribution in [0.4, 0.5) is 15.8 Å². The SMILES string of the molecule is CN(c1cccc(F)c1)c1cc(Br)cc(C#N)c1. The number of hydrogen-bond donors (Lipinski definition) is 0. The molecule has 0 heterocycles. The van der Waals surface area contributed by atoms with Crippen LogP contribution < -0.4 is 4.90 Å². The van der Waals surface area contributed by atoms with Gasteiger partial charge in [0.2, 0.25) is 0 Å². The summed E-state index contributed by atoms with van der Waals surface area (Å²) in [6, 6.07) is 13.8. The number of nitriles is 1. The smallest absolute Gasteiger partial charge is 0.125 e. The van der Waals surface area contributed by atoms with Crippen LogP contribution in [0.5, 0.6) is 0 Å². The molecule has 18 heavy (non-hydrogen) atoms. The molecule has 2 nitrogen and oxygen atoms in total. The molecular formula is C14H10BrFN2. The highest BCUT2D eigenvalue weighted by atomic mass is 79.9. The molecule has 0 aliphatic heterocycles. The van der Waals surface area contributed by atoms with Gasteiger partial charge in [0, 0.05) is 22.9 Å². The Bertz CT molecular complexity index is 619. The van der Waals surface area contributed by atoms with Crippen molar-refractivity contribution in [3.8, 4) is 6.07 Å². The predicted octanol–water partition coefficient (Wildman–Crippen LogP) is 4.23. The Kier molecular flexibility index (Phi) is 3.63. The van der Waals surface area contributed by atoms with E-state index in [4.69, 9.17) is 5.26 Å². The summed E-state index contributed by atoms with van der Waals surface area (Å²) in [5, 5.41) is 8.93. The fraction of sp³-hybridized carbons (Fsp3) is 0.0714. The zero-order chi connectivity index (χ0) is 13.1. The third-order valence-corrected chi connectivity index (χ3v) is 3.05. The second kappa shape index (κ2) is 5.19. The summed E-state index contributed by atoms with van der Waals surface area (Å²) in [4.78, 5) is 1.83. The maximum atomic E-state index is 13.2. The molecule has 0 bridgehead atoms. The van der Waals surface area contributed by atoms with Crippen LogP contribution in [0.1, 0.15) is 5.56 Å². The molecule has 90 valence electrons. The Labute approximate surface area is 113 Å². The highest BCUT2D eigenvalue weighted by Crippen LogP contribution is 2.27. The lowest BCUT2D eigenvalue weighted by Crippen LogP contribution is -2.09. The maximum Gasteiger partial charge on any atom is 0.125 e. The molecule has 0 saturated heterocycles. The lowest BCUT2D eigenvalue weighted by molar-refractivity contribution is 0.628. The van der Waals surface area contributed by atoms with Crippen LogP contribution in [0.25, 0.3) is 0 Å². The van der Waals surface area contributed by atoms with Crippen molar-refractivity contribution in [2.24, 2.45) is 0 Å². The molecule has 0 aliphatic carbocycles. The highest BCUT2D eigenvalue weighted by Gasteiger charge is 2.07. The largest absolute Gasteiger partial charge is 0.344 e. The molecule has 0 unspecified atom stereocenters. The van der Waals surface area contributed by atoms with Crippen molar-refractivity contribution >= 4 is 27.3 Å². The second-order valence-electron chi connectivity index (χ2n) is 3.85. The molecule has 0 radical (unpaired) electrons. The second-order valence-corrected chi connectivity index (χ2v) is 4.76. The van der Waals surface area contributed by atoms with E-state index in [1.807, 2.05) is 24.1 Å². The summed E-state index contributed by atoms with van der Waals surface area (Å²) in [6.45, 7) is 0. The molecule has 2 aromatic rings. The lowest BCUT2D eigenvalue weighted by Gasteiger charge is -2.20. The first-order valence-corrected chi connectivity index (χ1v) is 6.09. The van der Waals surface area contributed by atoms with Crippen LogP contribution >= 0.6 is 15.9 Å². The van der Waals surface area contributed by atoms with E-state index in [1.54, 1.807) is 18.2 Å². The van der Waals surface area contributed by atoms with E-state index in [0.717, 1.165) is 15.8 Å². The van der Waals surface area contributed by atoms with Gasteiger partial charge in [0.25, 0.3) is 0 Å². The van der Waals surface area contributed by atoms with E-state index in [9.17, 15) is 4.39 Å². The third kappa shape index (κ3) is 2.69. The normalized spacial score (nSPS) is 9.89. The first kappa shape index (κ1) is 12.6. The van der Waals surface area contributed by atoms with E-state index in [1.165, 1.54) is 12.1 Å². The van der Waals surface area contributed by atoms with Crippen LogP contribution in [0.3, 0.4) is 0 Å². The van der Waals surface area contributed by atoms with Gasteiger partial charge in [0.1, 0.15) is 5.82 Å². The Morgan fingerprint density at radius 3 is 2.61 bits per heavy atom. The van der Waals surface area contributed by atoms with Crippen LogP contribution in [0, 0.1) is 17.1 Å². The average Bonchev–Trinajstić information content (AvgIpc) is 2.37. The molecule has 0 aliphatic rings. The van der Waals surface area contributed by atoms with Gasteiger partial charge < -0.3 is 4.90 Å². The van der Waals surface area contributed by atoms with Gasteiger partial charge >= 0.3 is 0 Å². The predicted molar refractivity (Wildman–Crippen MR) is 73.3 cm³/mol. The number of hydrogen-bond acceptors (Lipinski definition) is 2. The molecule has 0 saturated carbocycles. The van der Waals surface area contributed by atoms with Gasteiger partial charge in [0.15, 0.2) is 0 Å². The van der Waals surface area contributed by atoms with Crippen molar-refractivity contribution in [3.63, 3.8) is 0 Å². The van der Waals surface area contributed by atoms with E-state index < -0.39 is 0 Å². The molecule has 2 aromatic carbocycles. The Morgan fingerprint density at radius 1 is 1.17 bits per heavy atom. The van der Waals surface area contributed by atoms with Crippen LogP contribution in [0.15, 0.2) is 46.9 Å². The van der Waals surface area contributed by atoms with Gasteiger partial charge in [0.05, 0.1) is 11.6 Å². The monoisotopic (exact) mass is 304 g/mol. The summed E-state index contributed by atoms with van der Waals surface area (Å²) in [5.41, 5.74) is 2.12. The maximum absolute atomic E-state index is 13.2. The zero-order valence-corrected chi connectivity index (χ0v) is 11.3. The van der Waals surface area contributed by atoms with Gasteiger partial charge in [-0.05, 0) is 36.4 Å². The van der Waals surface area contributed by atoms with Crippen LogP contribution in [0.2, 0.25) is 0 Å². The molecule has 0 amide bonds. The number of halogens is 2. The molecular weight excluding hydrogens is 295 g/mol. The van der Waals surface area contributed by atoms with Gasteiger partial charge in [-0.25, -0.2) is 4.39 Å². The first-order valence-electron chi connectivity index (χ1n) is 5.30. The zero-order valence-electron chi connectivity index (χ0n) is 9.69. The highest BCUT2D eigenvalue weighted by molar-refractivity contribution is 9.10. The number of anilines is 2. The van der Waals surface area contributed by atoms with Crippen LogP contribution in [-0.4, -0.2) is 7.05 Å². The van der Waals surface area contributed by atoms with Crippen molar-refractivity contribution in [3.05, 3.63) is 58.3 Å². The summed E-state index contributed by atoms with van der Waals surface area (Å²) in [5.74, 6) is -0.283. The average molecular weight is 305 g/mol. The van der Waals surface area contributed by atoms with Gasteiger partial charge in [-0.15, -0.1) is 0 Å². The molecule has 0 spiro atoms. The summed E-state index contributed by atoms with van der Waals surface area (Å²) in [6.07, 6.45) is 0. The topological polar surface area (TPSA) is 27.0 Å². The van der Waals surface area contributed by atoms with Crippen molar-refractivity contribution in [1.82, 2.24) is 0 Å². The van der Waals surface area contributed by atoms with Crippen LogP contribution in [-0.2, 0) is 0 Å². The minimum absolute atomic E-state index is 0.283. The number of rotatable bonds is 2. The van der Waals surface area contributed by atoms with Gasteiger partial charge in [-0.1, -0.05) is 22.0 Å². The van der Waals surface area contributed by atoms with Crippen molar-refractivity contribution in [2.75, 3.05) is 11.9 Å². The van der Waals surface area contributed by atoms with Gasteiger partial charge in [-0.2, -0.15) is 5.26 Å².